The van der Waals surface area contributed by atoms with Gasteiger partial charge in [0.2, 0.25) is 0 Å². The number of hydrogen-bond acceptors (Lipinski definition) is 4. The molecule has 3 rings (SSSR count). The molecule has 0 aliphatic rings. The van der Waals surface area contributed by atoms with Gasteiger partial charge in [0.25, 0.3) is 5.91 Å². The van der Waals surface area contributed by atoms with Crippen molar-refractivity contribution < 1.29 is 19.1 Å². The van der Waals surface area contributed by atoms with E-state index in [4.69, 9.17) is 4.74 Å². The maximum Gasteiger partial charge on any atom is 0.405 e. The van der Waals surface area contributed by atoms with Gasteiger partial charge in [-0.25, -0.2) is 4.79 Å². The highest BCUT2D eigenvalue weighted by Crippen LogP contribution is 2.27. The maximum atomic E-state index is 12.1. The number of hydrogen-bond donors (Lipinski definition) is 1. The standard InChI is InChI=1S/C20H16N2O4/c23-19(14-26-20(24)18-12-6-7-13-22(18)25)21-17-11-5-4-10-16(17)15-8-2-1-3-9-15/h1-13H,14H2,(H,21,23). The van der Waals surface area contributed by atoms with Gasteiger partial charge < -0.3 is 15.3 Å². The quantitative estimate of drug-likeness (QED) is 0.437. The Labute approximate surface area is 150 Å². The average molecular weight is 348 g/mol. The van der Waals surface area contributed by atoms with Crippen LogP contribution in [-0.2, 0) is 9.53 Å². The minimum atomic E-state index is -0.855. The van der Waals surface area contributed by atoms with Crippen molar-refractivity contribution in [3.8, 4) is 11.1 Å². The third-order valence-electron chi connectivity index (χ3n) is 3.65. The molecule has 0 saturated heterocycles. The van der Waals surface area contributed by atoms with Gasteiger partial charge in [-0.1, -0.05) is 48.5 Å². The number of nitrogens with one attached hydrogen (secondary N) is 1. The molecule has 1 heterocycles. The summed E-state index contributed by atoms with van der Waals surface area (Å²) >= 11 is 0. The van der Waals surface area contributed by atoms with Crippen LogP contribution in [-0.4, -0.2) is 18.5 Å². The lowest BCUT2D eigenvalue weighted by molar-refractivity contribution is -0.608. The Hall–Kier alpha value is -3.67. The molecule has 3 aromatic rings. The number of ether oxygens (including phenoxy) is 1. The molecule has 1 amide bonds. The Morgan fingerprint density at radius 2 is 1.62 bits per heavy atom. The number of rotatable bonds is 5. The summed E-state index contributed by atoms with van der Waals surface area (Å²) in [5.74, 6) is -1.35. The van der Waals surface area contributed by atoms with Crippen LogP contribution in [0.1, 0.15) is 10.5 Å². The van der Waals surface area contributed by atoms with Crippen LogP contribution in [0.3, 0.4) is 0 Å². The molecule has 6 nitrogen and oxygen atoms in total. The number of nitrogens with zero attached hydrogens (tertiary/aromatic N) is 1. The maximum absolute atomic E-state index is 12.1. The van der Waals surface area contributed by atoms with Crippen LogP contribution in [0.15, 0.2) is 79.0 Å². The molecule has 0 unspecified atom stereocenters. The minimum absolute atomic E-state index is 0.176. The lowest BCUT2D eigenvalue weighted by Gasteiger charge is -2.11. The Morgan fingerprint density at radius 1 is 0.923 bits per heavy atom. The van der Waals surface area contributed by atoms with E-state index >= 15 is 0 Å². The summed E-state index contributed by atoms with van der Waals surface area (Å²) in [6.07, 6.45) is 1.19. The van der Waals surface area contributed by atoms with Gasteiger partial charge in [-0.2, -0.15) is 4.73 Å². The number of aromatic nitrogens is 1. The average Bonchev–Trinajstić information content (AvgIpc) is 2.67. The van der Waals surface area contributed by atoms with Gasteiger partial charge in [-0.05, 0) is 17.7 Å². The third kappa shape index (κ3) is 4.05. The SMILES string of the molecule is O=C(COC(=O)c1cccc[n+]1[O-])Nc1ccccc1-c1ccccc1. The molecule has 26 heavy (non-hydrogen) atoms. The normalized spacial score (nSPS) is 10.2. The van der Waals surface area contributed by atoms with Gasteiger partial charge in [0.15, 0.2) is 12.8 Å². The van der Waals surface area contributed by atoms with E-state index in [0.29, 0.717) is 10.4 Å². The van der Waals surface area contributed by atoms with Gasteiger partial charge in [0, 0.05) is 23.4 Å². The van der Waals surface area contributed by atoms with Gasteiger partial charge in [0.05, 0.1) is 0 Å². The zero-order chi connectivity index (χ0) is 18.4. The Morgan fingerprint density at radius 3 is 2.38 bits per heavy atom. The molecule has 1 N–H and O–H groups in total. The van der Waals surface area contributed by atoms with Crippen molar-refractivity contribution in [2.24, 2.45) is 0 Å². The van der Waals surface area contributed by atoms with Crippen molar-refractivity contribution in [1.82, 2.24) is 0 Å². The predicted octanol–water partition coefficient (Wildman–Crippen LogP) is 2.78. The van der Waals surface area contributed by atoms with E-state index in [1.165, 1.54) is 18.3 Å². The fourth-order valence-electron chi connectivity index (χ4n) is 2.44. The molecule has 0 bridgehead atoms. The second kappa shape index (κ2) is 7.94. The summed E-state index contributed by atoms with van der Waals surface area (Å²) in [4.78, 5) is 24.0. The van der Waals surface area contributed by atoms with Crippen LogP contribution < -0.4 is 10.0 Å². The number of esters is 1. The lowest BCUT2D eigenvalue weighted by Crippen LogP contribution is -2.35. The molecule has 0 aliphatic heterocycles. The molecule has 1 aromatic heterocycles. The van der Waals surface area contributed by atoms with Crippen molar-refractivity contribution in [3.63, 3.8) is 0 Å². The topological polar surface area (TPSA) is 82.3 Å². The Bertz CT molecular complexity index is 926. The van der Waals surface area contributed by atoms with Crippen LogP contribution in [0.4, 0.5) is 5.69 Å². The second-order valence-corrected chi connectivity index (χ2v) is 5.45. The summed E-state index contributed by atoms with van der Waals surface area (Å²) in [7, 11) is 0. The number of pyridine rings is 1. The molecule has 0 radical (unpaired) electrons. The molecular formula is C20H16N2O4. The largest absolute Gasteiger partial charge is 0.618 e. The monoisotopic (exact) mass is 348 g/mol. The molecule has 0 aliphatic carbocycles. The molecule has 130 valence electrons. The number of carbonyl (C=O) groups excluding carboxylic acids is 2. The predicted molar refractivity (Wildman–Crippen MR) is 96.2 cm³/mol. The highest BCUT2D eigenvalue weighted by Gasteiger charge is 2.18. The zero-order valence-electron chi connectivity index (χ0n) is 13.8. The highest BCUT2D eigenvalue weighted by molar-refractivity contribution is 5.97. The van der Waals surface area contributed by atoms with Crippen molar-refractivity contribution in [1.29, 1.82) is 0 Å². The first-order chi connectivity index (χ1) is 12.6. The van der Waals surface area contributed by atoms with Crippen LogP contribution in [0, 0.1) is 5.21 Å². The summed E-state index contributed by atoms with van der Waals surface area (Å²) in [5.41, 5.74) is 2.24. The van der Waals surface area contributed by atoms with Gasteiger partial charge in [0.1, 0.15) is 0 Å². The Balaban J connectivity index is 1.66. The first-order valence-corrected chi connectivity index (χ1v) is 7.95. The first-order valence-electron chi connectivity index (χ1n) is 7.95. The molecule has 0 spiro atoms. The van der Waals surface area contributed by atoms with E-state index in [0.717, 1.165) is 11.1 Å². The molecule has 0 atom stereocenters. The minimum Gasteiger partial charge on any atom is -0.618 e. The number of amides is 1. The van der Waals surface area contributed by atoms with E-state index < -0.39 is 18.5 Å². The number of anilines is 1. The van der Waals surface area contributed by atoms with Crippen molar-refractivity contribution in [2.45, 2.75) is 0 Å². The summed E-state index contributed by atoms with van der Waals surface area (Å²) < 4.78 is 5.31. The fourth-order valence-corrected chi connectivity index (χ4v) is 2.44. The molecule has 0 fully saturated rings. The highest BCUT2D eigenvalue weighted by atomic mass is 16.5. The van der Waals surface area contributed by atoms with Crippen LogP contribution >= 0.6 is 0 Å². The molecule has 6 heteroatoms. The van der Waals surface area contributed by atoms with Crippen molar-refractivity contribution >= 4 is 17.6 Å². The van der Waals surface area contributed by atoms with E-state index in [1.54, 1.807) is 18.2 Å². The first kappa shape index (κ1) is 17.2. The third-order valence-corrected chi connectivity index (χ3v) is 3.65. The summed E-state index contributed by atoms with van der Waals surface area (Å²) in [6.45, 7) is -0.489. The second-order valence-electron chi connectivity index (χ2n) is 5.45. The van der Waals surface area contributed by atoms with E-state index in [1.807, 2.05) is 42.5 Å². The molecular weight excluding hydrogens is 332 g/mol. The fraction of sp³-hybridized carbons (Fsp3) is 0.0500. The van der Waals surface area contributed by atoms with E-state index in [2.05, 4.69) is 5.32 Å². The van der Waals surface area contributed by atoms with Crippen LogP contribution in [0.2, 0.25) is 0 Å². The lowest BCUT2D eigenvalue weighted by atomic mass is 10.0. The zero-order valence-corrected chi connectivity index (χ0v) is 13.8. The number of carbonyl (C=O) groups is 2. The number of para-hydroxylation sites is 1. The van der Waals surface area contributed by atoms with Crippen molar-refractivity contribution in [3.05, 3.63) is 89.9 Å². The Kier molecular flexibility index (Phi) is 5.24. The smallest absolute Gasteiger partial charge is 0.405 e. The van der Waals surface area contributed by atoms with Gasteiger partial charge in [-0.3, -0.25) is 4.79 Å². The van der Waals surface area contributed by atoms with Crippen LogP contribution in [0.5, 0.6) is 0 Å². The van der Waals surface area contributed by atoms with Gasteiger partial charge >= 0.3 is 11.7 Å². The van der Waals surface area contributed by atoms with Crippen LogP contribution in [0.25, 0.3) is 11.1 Å². The van der Waals surface area contributed by atoms with E-state index in [-0.39, 0.29) is 5.69 Å². The summed E-state index contributed by atoms with van der Waals surface area (Å²) in [5, 5.41) is 14.2. The number of benzene rings is 2. The van der Waals surface area contributed by atoms with E-state index in [9.17, 15) is 14.8 Å². The molecule has 2 aromatic carbocycles. The molecule has 0 saturated carbocycles. The summed E-state index contributed by atoms with van der Waals surface area (Å²) in [6, 6.07) is 21.3. The van der Waals surface area contributed by atoms with Gasteiger partial charge in [-0.15, -0.1) is 0 Å². The van der Waals surface area contributed by atoms with Crippen molar-refractivity contribution in [2.75, 3.05) is 11.9 Å².